The molecule has 8 heteroatoms. The van der Waals surface area contributed by atoms with Crippen molar-refractivity contribution >= 4 is 26.3 Å². The van der Waals surface area contributed by atoms with Crippen LogP contribution in [0.25, 0.3) is 4.96 Å². The van der Waals surface area contributed by atoms with E-state index in [1.807, 2.05) is 32.9 Å². The molecule has 0 radical (unpaired) electrons. The number of rotatable bonds is 4. The van der Waals surface area contributed by atoms with E-state index >= 15 is 0 Å². The molecular weight excluding hydrogens is 332 g/mol. The van der Waals surface area contributed by atoms with Crippen molar-refractivity contribution in [1.82, 2.24) is 19.3 Å². The minimum atomic E-state index is -3.58. The van der Waals surface area contributed by atoms with E-state index in [1.165, 1.54) is 11.3 Å². The predicted molar refractivity (Wildman–Crippen MR) is 90.3 cm³/mol. The predicted octanol–water partition coefficient (Wildman–Crippen LogP) is 2.50. The van der Waals surface area contributed by atoms with Crippen molar-refractivity contribution in [1.29, 1.82) is 0 Å². The molecule has 122 valence electrons. The Morgan fingerprint density at radius 3 is 2.70 bits per heavy atom. The Morgan fingerprint density at radius 2 is 1.96 bits per heavy atom. The minimum Gasteiger partial charge on any atom is -0.223 e. The first kappa shape index (κ1) is 16.1. The molecule has 0 saturated heterocycles. The lowest BCUT2D eigenvalue weighted by Crippen LogP contribution is -2.25. The summed E-state index contributed by atoms with van der Waals surface area (Å²) in [7, 11) is -3.58. The summed E-state index contributed by atoms with van der Waals surface area (Å²) in [5.41, 5.74) is 3.18. The molecule has 2 aromatic heterocycles. The molecule has 0 spiro atoms. The van der Waals surface area contributed by atoms with Gasteiger partial charge in [-0.05, 0) is 44.9 Å². The van der Waals surface area contributed by atoms with Gasteiger partial charge in [-0.15, -0.1) is 0 Å². The molecule has 0 atom stereocenters. The summed E-state index contributed by atoms with van der Waals surface area (Å²) in [6.45, 7) is 7.59. The fourth-order valence-corrected chi connectivity index (χ4v) is 4.55. The SMILES string of the molecule is Cc1ccc(C)c(S(=O)(=O)NCc2c(C)nc3sc(C)nn23)c1. The number of aryl methyl sites for hydroxylation is 4. The summed E-state index contributed by atoms with van der Waals surface area (Å²) < 4.78 is 29.6. The van der Waals surface area contributed by atoms with Crippen molar-refractivity contribution in [3.8, 4) is 0 Å². The third-order valence-corrected chi connectivity index (χ3v) is 6.03. The zero-order valence-corrected chi connectivity index (χ0v) is 15.0. The summed E-state index contributed by atoms with van der Waals surface area (Å²) >= 11 is 1.48. The third-order valence-electron chi connectivity index (χ3n) is 3.66. The molecule has 0 fully saturated rings. The van der Waals surface area contributed by atoms with E-state index in [2.05, 4.69) is 14.8 Å². The normalized spacial score (nSPS) is 12.2. The zero-order chi connectivity index (χ0) is 16.8. The van der Waals surface area contributed by atoms with Gasteiger partial charge in [0.05, 0.1) is 22.8 Å². The van der Waals surface area contributed by atoms with Gasteiger partial charge >= 0.3 is 0 Å². The van der Waals surface area contributed by atoms with Crippen molar-refractivity contribution in [2.45, 2.75) is 39.1 Å². The van der Waals surface area contributed by atoms with Gasteiger partial charge in [0.25, 0.3) is 0 Å². The third kappa shape index (κ3) is 3.01. The van der Waals surface area contributed by atoms with Crippen LogP contribution in [-0.4, -0.2) is 23.0 Å². The van der Waals surface area contributed by atoms with E-state index in [-0.39, 0.29) is 6.54 Å². The average Bonchev–Trinajstić information content (AvgIpc) is 2.94. The highest BCUT2D eigenvalue weighted by Crippen LogP contribution is 2.20. The van der Waals surface area contributed by atoms with Crippen LogP contribution < -0.4 is 4.72 Å². The van der Waals surface area contributed by atoms with Gasteiger partial charge in [-0.3, -0.25) is 0 Å². The first-order valence-electron chi connectivity index (χ1n) is 7.16. The number of nitrogens with zero attached hydrogens (tertiary/aromatic N) is 3. The molecule has 0 saturated carbocycles. The van der Waals surface area contributed by atoms with Crippen LogP contribution in [0.1, 0.15) is 27.5 Å². The van der Waals surface area contributed by atoms with Crippen LogP contribution >= 0.6 is 11.3 Å². The molecule has 23 heavy (non-hydrogen) atoms. The van der Waals surface area contributed by atoms with Crippen LogP contribution in [0.3, 0.4) is 0 Å². The number of imidazole rings is 1. The number of hydrogen-bond acceptors (Lipinski definition) is 5. The van der Waals surface area contributed by atoms with E-state index in [9.17, 15) is 8.42 Å². The highest BCUT2D eigenvalue weighted by Gasteiger charge is 2.19. The molecule has 0 aliphatic carbocycles. The van der Waals surface area contributed by atoms with E-state index in [0.717, 1.165) is 32.5 Å². The summed E-state index contributed by atoms with van der Waals surface area (Å²) in [4.78, 5) is 5.51. The maximum atomic E-state index is 12.6. The Labute approximate surface area is 139 Å². The van der Waals surface area contributed by atoms with Gasteiger partial charge in [-0.2, -0.15) is 5.10 Å². The van der Waals surface area contributed by atoms with Crippen LogP contribution in [0, 0.1) is 27.7 Å². The molecule has 0 aliphatic rings. The van der Waals surface area contributed by atoms with Crippen molar-refractivity contribution in [2.75, 3.05) is 0 Å². The van der Waals surface area contributed by atoms with Gasteiger partial charge < -0.3 is 0 Å². The second-order valence-corrected chi connectivity index (χ2v) is 8.45. The fraction of sp³-hybridized carbons (Fsp3) is 0.333. The largest absolute Gasteiger partial charge is 0.241 e. The van der Waals surface area contributed by atoms with Crippen molar-refractivity contribution in [3.63, 3.8) is 0 Å². The Morgan fingerprint density at radius 1 is 1.22 bits per heavy atom. The number of sulfonamides is 1. The smallest absolute Gasteiger partial charge is 0.223 e. The van der Waals surface area contributed by atoms with E-state index < -0.39 is 10.0 Å². The highest BCUT2D eigenvalue weighted by molar-refractivity contribution is 7.89. The molecule has 3 rings (SSSR count). The van der Waals surface area contributed by atoms with Crippen LogP contribution in [0.15, 0.2) is 23.1 Å². The van der Waals surface area contributed by atoms with Gasteiger partial charge in [0.15, 0.2) is 0 Å². The van der Waals surface area contributed by atoms with Crippen LogP contribution in [0.5, 0.6) is 0 Å². The van der Waals surface area contributed by atoms with Gasteiger partial charge in [0.1, 0.15) is 5.01 Å². The van der Waals surface area contributed by atoms with Crippen molar-refractivity contribution in [2.24, 2.45) is 0 Å². The molecule has 1 N–H and O–H groups in total. The Balaban J connectivity index is 1.92. The van der Waals surface area contributed by atoms with Crippen molar-refractivity contribution in [3.05, 3.63) is 45.7 Å². The number of hydrogen-bond donors (Lipinski definition) is 1. The Hall–Kier alpha value is -1.77. The van der Waals surface area contributed by atoms with Crippen molar-refractivity contribution < 1.29 is 8.42 Å². The summed E-state index contributed by atoms with van der Waals surface area (Å²) in [5, 5.41) is 5.27. The topological polar surface area (TPSA) is 76.4 Å². The molecule has 0 amide bonds. The zero-order valence-electron chi connectivity index (χ0n) is 13.4. The second-order valence-electron chi connectivity index (χ2n) is 5.55. The fourth-order valence-electron chi connectivity index (χ4n) is 2.43. The molecule has 2 heterocycles. The molecular formula is C15H18N4O2S2. The number of nitrogens with one attached hydrogen (secondary N) is 1. The lowest BCUT2D eigenvalue weighted by atomic mass is 10.2. The molecule has 1 aromatic carbocycles. The molecule has 3 aromatic rings. The average molecular weight is 350 g/mol. The highest BCUT2D eigenvalue weighted by atomic mass is 32.2. The standard InChI is InChI=1S/C15H18N4O2S2/c1-9-5-6-10(2)14(7-9)23(20,21)16-8-13-11(3)17-15-19(13)18-12(4)22-15/h5-7,16H,8H2,1-4H3. The van der Waals surface area contributed by atoms with Gasteiger partial charge in [-0.25, -0.2) is 22.6 Å². The Bertz CT molecular complexity index is 986. The van der Waals surface area contributed by atoms with Crippen LogP contribution in [0.4, 0.5) is 0 Å². The van der Waals surface area contributed by atoms with Gasteiger partial charge in [-0.1, -0.05) is 23.5 Å². The lowest BCUT2D eigenvalue weighted by molar-refractivity contribution is 0.578. The number of benzene rings is 1. The number of aromatic nitrogens is 3. The monoisotopic (exact) mass is 350 g/mol. The summed E-state index contributed by atoms with van der Waals surface area (Å²) in [6, 6.07) is 5.40. The first-order valence-corrected chi connectivity index (χ1v) is 9.46. The maximum Gasteiger partial charge on any atom is 0.241 e. The molecule has 0 unspecified atom stereocenters. The van der Waals surface area contributed by atoms with Crippen LogP contribution in [0.2, 0.25) is 0 Å². The second kappa shape index (κ2) is 5.70. The first-order chi connectivity index (χ1) is 10.8. The van der Waals surface area contributed by atoms with Gasteiger partial charge in [0, 0.05) is 0 Å². The van der Waals surface area contributed by atoms with E-state index in [1.54, 1.807) is 17.5 Å². The van der Waals surface area contributed by atoms with E-state index in [4.69, 9.17) is 0 Å². The molecule has 6 nitrogen and oxygen atoms in total. The Kier molecular flexibility index (Phi) is 3.99. The van der Waals surface area contributed by atoms with Crippen LogP contribution in [-0.2, 0) is 16.6 Å². The minimum absolute atomic E-state index is 0.159. The molecule has 0 bridgehead atoms. The number of fused-ring (bicyclic) bond motifs is 1. The lowest BCUT2D eigenvalue weighted by Gasteiger charge is -2.10. The maximum absolute atomic E-state index is 12.6. The summed E-state index contributed by atoms with van der Waals surface area (Å²) in [6.07, 6.45) is 0. The molecule has 0 aliphatic heterocycles. The summed E-state index contributed by atoms with van der Waals surface area (Å²) in [5.74, 6) is 0. The van der Waals surface area contributed by atoms with E-state index in [0.29, 0.717) is 4.90 Å². The van der Waals surface area contributed by atoms with Gasteiger partial charge in [0.2, 0.25) is 15.0 Å². The quantitative estimate of drug-likeness (QED) is 0.784.